The van der Waals surface area contributed by atoms with Crippen LogP contribution in [-0.2, 0) is 9.57 Å². The Balaban J connectivity index is 1.59. The van der Waals surface area contributed by atoms with E-state index in [4.69, 9.17) is 14.0 Å². The molecule has 0 spiro atoms. The number of benzene rings is 1. The highest BCUT2D eigenvalue weighted by atomic mass is 32.1. The third-order valence-corrected chi connectivity index (χ3v) is 5.10. The molecule has 1 aromatic carbocycles. The zero-order valence-corrected chi connectivity index (χ0v) is 14.8. The Hall–Kier alpha value is -2.48. The fourth-order valence-corrected chi connectivity index (χ4v) is 3.68. The van der Waals surface area contributed by atoms with Gasteiger partial charge in [0.05, 0.1) is 12.0 Å². The van der Waals surface area contributed by atoms with Gasteiger partial charge in [-0.25, -0.2) is 15.3 Å². The molecule has 1 amide bonds. The minimum Gasteiger partial charge on any atom is -0.462 e. The number of thiazole rings is 1. The van der Waals surface area contributed by atoms with E-state index < -0.39 is 6.29 Å². The number of hydrogen-bond acceptors (Lipinski definition) is 6. The molecule has 26 heavy (non-hydrogen) atoms. The molecule has 4 rings (SSSR count). The van der Waals surface area contributed by atoms with Gasteiger partial charge < -0.3 is 9.15 Å². The number of hydrogen-bond donors (Lipinski definition) is 1. The third kappa shape index (κ3) is 3.70. The first kappa shape index (κ1) is 17.0. The number of aromatic nitrogens is 1. The molecule has 1 aliphatic rings. The summed E-state index contributed by atoms with van der Waals surface area (Å²) in [5, 5.41) is 0.646. The van der Waals surface area contributed by atoms with Crippen LogP contribution in [0, 0.1) is 0 Å². The van der Waals surface area contributed by atoms with Gasteiger partial charge in [0.25, 0.3) is 5.91 Å². The number of ether oxygens (including phenoxy) is 1. The first-order valence-electron chi connectivity index (χ1n) is 8.49. The smallest absolute Gasteiger partial charge is 0.287 e. The maximum atomic E-state index is 12.7. The molecule has 0 radical (unpaired) electrons. The van der Waals surface area contributed by atoms with Crippen LogP contribution in [0.2, 0.25) is 0 Å². The minimum atomic E-state index is -0.398. The van der Waals surface area contributed by atoms with Crippen molar-refractivity contribution in [3.63, 3.8) is 0 Å². The van der Waals surface area contributed by atoms with Gasteiger partial charge in [0.15, 0.2) is 17.1 Å². The highest BCUT2D eigenvalue weighted by Gasteiger charge is 2.23. The molecule has 3 aromatic rings. The summed E-state index contributed by atoms with van der Waals surface area (Å²) in [5.41, 5.74) is 3.98. The van der Waals surface area contributed by atoms with E-state index in [9.17, 15) is 4.79 Å². The van der Waals surface area contributed by atoms with E-state index in [1.54, 1.807) is 12.3 Å². The predicted octanol–water partition coefficient (Wildman–Crippen LogP) is 4.26. The Bertz CT molecular complexity index is 855. The highest BCUT2D eigenvalue weighted by Crippen LogP contribution is 2.34. The van der Waals surface area contributed by atoms with Gasteiger partial charge in [-0.1, -0.05) is 30.3 Å². The molecule has 1 atom stereocenters. The van der Waals surface area contributed by atoms with Crippen LogP contribution >= 0.6 is 11.3 Å². The number of carbonyl (C=O) groups is 1. The lowest BCUT2D eigenvalue weighted by Gasteiger charge is -2.21. The van der Waals surface area contributed by atoms with Crippen LogP contribution < -0.4 is 5.48 Å². The Morgan fingerprint density at radius 1 is 1.19 bits per heavy atom. The molecule has 1 N–H and O–H groups in total. The SMILES string of the molecule is O=C(NO[C@@H]1CCCCO1)c1sc(-c2ccco2)nc1-c1ccccc1. The van der Waals surface area contributed by atoms with E-state index in [1.165, 1.54) is 11.3 Å². The first-order valence-corrected chi connectivity index (χ1v) is 9.30. The van der Waals surface area contributed by atoms with Crippen LogP contribution in [0.4, 0.5) is 0 Å². The summed E-state index contributed by atoms with van der Waals surface area (Å²) in [6.45, 7) is 0.652. The molecule has 3 heterocycles. The fourth-order valence-electron chi connectivity index (χ4n) is 2.74. The molecule has 7 heteroatoms. The first-order chi connectivity index (χ1) is 12.8. The quantitative estimate of drug-likeness (QED) is 0.680. The van der Waals surface area contributed by atoms with Crippen LogP contribution in [0.5, 0.6) is 0 Å². The van der Waals surface area contributed by atoms with Crippen LogP contribution in [0.15, 0.2) is 53.1 Å². The van der Waals surface area contributed by atoms with Gasteiger partial charge in [0, 0.05) is 18.6 Å². The molecule has 0 aliphatic carbocycles. The van der Waals surface area contributed by atoms with Gasteiger partial charge in [-0.15, -0.1) is 11.3 Å². The number of nitrogens with zero attached hydrogens (tertiary/aromatic N) is 1. The number of rotatable bonds is 5. The zero-order chi connectivity index (χ0) is 17.8. The summed E-state index contributed by atoms with van der Waals surface area (Å²) in [5.74, 6) is 0.288. The molecule has 134 valence electrons. The van der Waals surface area contributed by atoms with Gasteiger partial charge >= 0.3 is 0 Å². The lowest BCUT2D eigenvalue weighted by molar-refractivity contribution is -0.186. The monoisotopic (exact) mass is 370 g/mol. The van der Waals surface area contributed by atoms with Crippen LogP contribution in [0.1, 0.15) is 28.9 Å². The van der Waals surface area contributed by atoms with Crippen LogP contribution in [-0.4, -0.2) is 23.8 Å². The van der Waals surface area contributed by atoms with Gasteiger partial charge in [-0.2, -0.15) is 0 Å². The second-order valence-corrected chi connectivity index (χ2v) is 6.88. The Labute approximate surface area is 154 Å². The number of carbonyl (C=O) groups excluding carboxylic acids is 1. The lowest BCUT2D eigenvalue weighted by Crippen LogP contribution is -2.33. The van der Waals surface area contributed by atoms with Crippen molar-refractivity contribution in [3.8, 4) is 22.0 Å². The molecule has 0 bridgehead atoms. The zero-order valence-electron chi connectivity index (χ0n) is 14.0. The number of hydroxylamine groups is 1. The van der Waals surface area contributed by atoms with E-state index in [-0.39, 0.29) is 5.91 Å². The Morgan fingerprint density at radius 2 is 2.08 bits per heavy atom. The molecular formula is C19H18N2O4S. The third-order valence-electron chi connectivity index (χ3n) is 4.03. The van der Waals surface area contributed by atoms with Gasteiger partial charge in [0.2, 0.25) is 0 Å². The molecule has 1 fully saturated rings. The number of amides is 1. The van der Waals surface area contributed by atoms with Crippen molar-refractivity contribution >= 4 is 17.2 Å². The molecule has 6 nitrogen and oxygen atoms in total. The molecule has 1 aliphatic heterocycles. The lowest BCUT2D eigenvalue weighted by atomic mass is 10.1. The molecule has 0 unspecified atom stereocenters. The fraction of sp³-hybridized carbons (Fsp3) is 0.263. The van der Waals surface area contributed by atoms with Crippen molar-refractivity contribution in [1.82, 2.24) is 10.5 Å². The maximum absolute atomic E-state index is 12.7. The van der Waals surface area contributed by atoms with Gasteiger partial charge in [-0.05, 0) is 25.0 Å². The van der Waals surface area contributed by atoms with Crippen molar-refractivity contribution in [2.24, 2.45) is 0 Å². The molecule has 1 saturated heterocycles. The van der Waals surface area contributed by atoms with E-state index >= 15 is 0 Å². The maximum Gasteiger partial charge on any atom is 0.287 e. The standard InChI is InChI=1S/C19H18N2O4S/c22-18(21-25-15-10-4-5-11-24-15)17-16(13-7-2-1-3-8-13)20-19(26-17)14-9-6-12-23-14/h1-3,6-9,12,15H,4-5,10-11H2,(H,21,22)/t15-/m1/s1. The van der Waals surface area contributed by atoms with Crippen molar-refractivity contribution in [1.29, 1.82) is 0 Å². The molecule has 0 saturated carbocycles. The van der Waals surface area contributed by atoms with Crippen molar-refractivity contribution in [2.75, 3.05) is 6.61 Å². The second-order valence-electron chi connectivity index (χ2n) is 5.89. The summed E-state index contributed by atoms with van der Waals surface area (Å²) >= 11 is 1.27. The van der Waals surface area contributed by atoms with E-state index in [0.29, 0.717) is 27.9 Å². The predicted molar refractivity (Wildman–Crippen MR) is 97.4 cm³/mol. The Morgan fingerprint density at radius 3 is 2.81 bits per heavy atom. The summed E-state index contributed by atoms with van der Waals surface area (Å²) in [7, 11) is 0. The normalized spacial score (nSPS) is 17.2. The van der Waals surface area contributed by atoms with E-state index in [2.05, 4.69) is 10.5 Å². The highest BCUT2D eigenvalue weighted by molar-refractivity contribution is 7.17. The number of nitrogens with one attached hydrogen (secondary N) is 1. The van der Waals surface area contributed by atoms with Crippen molar-refractivity contribution in [2.45, 2.75) is 25.6 Å². The van der Waals surface area contributed by atoms with Gasteiger partial charge in [0.1, 0.15) is 4.88 Å². The summed E-state index contributed by atoms with van der Waals surface area (Å²) in [4.78, 5) is 23.2. The van der Waals surface area contributed by atoms with Crippen molar-refractivity contribution in [3.05, 3.63) is 53.6 Å². The molecule has 2 aromatic heterocycles. The minimum absolute atomic E-state index is 0.340. The largest absolute Gasteiger partial charge is 0.462 e. The summed E-state index contributed by atoms with van der Waals surface area (Å²) in [6.07, 6.45) is 4.01. The molecular weight excluding hydrogens is 352 g/mol. The van der Waals surface area contributed by atoms with Gasteiger partial charge in [-0.3, -0.25) is 4.79 Å². The number of furan rings is 1. The average Bonchev–Trinajstić information content (AvgIpc) is 3.37. The van der Waals surface area contributed by atoms with Crippen LogP contribution in [0.25, 0.3) is 22.0 Å². The summed E-state index contributed by atoms with van der Waals surface area (Å²) < 4.78 is 10.9. The topological polar surface area (TPSA) is 73.6 Å². The van der Waals surface area contributed by atoms with E-state index in [0.717, 1.165) is 24.8 Å². The average molecular weight is 370 g/mol. The summed E-state index contributed by atoms with van der Waals surface area (Å²) in [6, 6.07) is 13.2. The Kier molecular flexibility index (Phi) is 5.10. The second kappa shape index (κ2) is 7.82. The van der Waals surface area contributed by atoms with Crippen LogP contribution in [0.3, 0.4) is 0 Å². The van der Waals surface area contributed by atoms with E-state index in [1.807, 2.05) is 36.4 Å². The van der Waals surface area contributed by atoms with Crippen molar-refractivity contribution < 1.29 is 18.8 Å².